The zero-order valence-electron chi connectivity index (χ0n) is 25.0. The van der Waals surface area contributed by atoms with Gasteiger partial charge < -0.3 is 9.30 Å². The normalized spacial score (nSPS) is 15.3. The first kappa shape index (κ1) is 28.6. The van der Waals surface area contributed by atoms with Crippen molar-refractivity contribution in [1.29, 1.82) is 0 Å². The van der Waals surface area contributed by atoms with Gasteiger partial charge in [0.2, 0.25) is 0 Å². The number of carbonyl (C=O) groups is 1. The van der Waals surface area contributed by atoms with Gasteiger partial charge in [0, 0.05) is 17.1 Å². The highest BCUT2D eigenvalue weighted by molar-refractivity contribution is 7.07. The monoisotopic (exact) mass is 567 g/mol. The standard InChI is InChI=1S/C34H37N3O3S/c1-9-40-33(39)30-23(7)35-34-37(31(30)26-12-10-25(11-13-26)19(2)3)32(38)29(41-34)18-27-17-22(6)36(24(27)8)28-15-20(4)14-21(5)16-28/h10-19,31H,9H2,1-8H3/b29-18+/t31-/m0/s1. The van der Waals surface area contributed by atoms with E-state index in [1.807, 2.05) is 25.1 Å². The third-order valence-corrected chi connectivity index (χ3v) is 8.64. The van der Waals surface area contributed by atoms with E-state index in [1.54, 1.807) is 11.5 Å². The van der Waals surface area contributed by atoms with Gasteiger partial charge in [0.05, 0.1) is 28.5 Å². The van der Waals surface area contributed by atoms with Gasteiger partial charge in [0.1, 0.15) is 0 Å². The van der Waals surface area contributed by atoms with Crippen LogP contribution in [0.25, 0.3) is 11.8 Å². The maximum Gasteiger partial charge on any atom is 0.338 e. The van der Waals surface area contributed by atoms with E-state index >= 15 is 0 Å². The van der Waals surface area contributed by atoms with Crippen molar-refractivity contribution in [2.24, 2.45) is 4.99 Å². The molecule has 2 aromatic heterocycles. The molecule has 1 aliphatic rings. The molecule has 0 N–H and O–H groups in total. The third kappa shape index (κ3) is 5.26. The lowest BCUT2D eigenvalue weighted by Crippen LogP contribution is -2.39. The molecule has 3 heterocycles. The summed E-state index contributed by atoms with van der Waals surface area (Å²) in [5, 5.41) is 0. The van der Waals surface area contributed by atoms with Crippen LogP contribution in [-0.4, -0.2) is 21.7 Å². The van der Waals surface area contributed by atoms with E-state index in [2.05, 4.69) is 82.5 Å². The minimum Gasteiger partial charge on any atom is -0.463 e. The highest BCUT2D eigenvalue weighted by Crippen LogP contribution is 2.31. The molecule has 1 aliphatic heterocycles. The number of aryl methyl sites for hydroxylation is 3. The lowest BCUT2D eigenvalue weighted by atomic mass is 9.93. The SMILES string of the molecule is CCOC(=O)C1=C(C)N=c2s/c(=C/c3cc(C)n(-c4cc(C)cc(C)c4)c3C)c(=O)n2[C@H]1c1ccc(C(C)C)cc1. The Balaban J connectivity index is 1.68. The second-order valence-electron chi connectivity index (χ2n) is 11.1. The number of allylic oxidation sites excluding steroid dienone is 1. The Bertz CT molecular complexity index is 1850. The molecule has 0 fully saturated rings. The molecule has 0 spiro atoms. The van der Waals surface area contributed by atoms with E-state index in [9.17, 15) is 9.59 Å². The van der Waals surface area contributed by atoms with Crippen LogP contribution in [0.3, 0.4) is 0 Å². The number of fused-ring (bicyclic) bond motifs is 1. The average Bonchev–Trinajstić information content (AvgIpc) is 3.36. The van der Waals surface area contributed by atoms with E-state index in [0.29, 0.717) is 26.5 Å². The molecule has 41 heavy (non-hydrogen) atoms. The fourth-order valence-electron chi connectivity index (χ4n) is 5.72. The van der Waals surface area contributed by atoms with Crippen LogP contribution in [-0.2, 0) is 9.53 Å². The van der Waals surface area contributed by atoms with Gasteiger partial charge in [-0.15, -0.1) is 0 Å². The highest BCUT2D eigenvalue weighted by atomic mass is 32.1. The summed E-state index contributed by atoms with van der Waals surface area (Å²) >= 11 is 1.35. The average molecular weight is 568 g/mol. The van der Waals surface area contributed by atoms with Crippen LogP contribution in [0.5, 0.6) is 0 Å². The van der Waals surface area contributed by atoms with E-state index in [1.165, 1.54) is 28.0 Å². The van der Waals surface area contributed by atoms with Crippen molar-refractivity contribution in [3.05, 3.63) is 119 Å². The first-order valence-corrected chi connectivity index (χ1v) is 14.9. The Morgan fingerprint density at radius 2 is 1.68 bits per heavy atom. The fourth-order valence-corrected chi connectivity index (χ4v) is 6.76. The van der Waals surface area contributed by atoms with E-state index in [-0.39, 0.29) is 12.2 Å². The molecule has 5 rings (SSSR count). The summed E-state index contributed by atoms with van der Waals surface area (Å²) in [6, 6.07) is 16.2. The number of thiazole rings is 1. The van der Waals surface area contributed by atoms with Crippen molar-refractivity contribution >= 4 is 23.4 Å². The molecule has 0 amide bonds. The lowest BCUT2D eigenvalue weighted by Gasteiger charge is -2.25. The molecule has 4 aromatic rings. The molecule has 0 saturated heterocycles. The van der Waals surface area contributed by atoms with Gasteiger partial charge in [0.15, 0.2) is 4.80 Å². The highest BCUT2D eigenvalue weighted by Gasteiger charge is 2.33. The van der Waals surface area contributed by atoms with Crippen molar-refractivity contribution in [3.63, 3.8) is 0 Å². The van der Waals surface area contributed by atoms with Gasteiger partial charge >= 0.3 is 5.97 Å². The van der Waals surface area contributed by atoms with Gasteiger partial charge in [-0.2, -0.15) is 0 Å². The van der Waals surface area contributed by atoms with E-state index in [0.717, 1.165) is 28.2 Å². The van der Waals surface area contributed by atoms with Crippen molar-refractivity contribution < 1.29 is 9.53 Å². The predicted octanol–water partition coefficient (Wildman–Crippen LogP) is 5.95. The second-order valence-corrected chi connectivity index (χ2v) is 12.1. The summed E-state index contributed by atoms with van der Waals surface area (Å²) < 4.78 is 9.89. The number of hydrogen-bond acceptors (Lipinski definition) is 5. The third-order valence-electron chi connectivity index (χ3n) is 7.66. The Morgan fingerprint density at radius 1 is 1.02 bits per heavy atom. The van der Waals surface area contributed by atoms with Gasteiger partial charge in [-0.05, 0) is 99.6 Å². The van der Waals surface area contributed by atoms with Crippen LogP contribution in [0.15, 0.2) is 69.6 Å². The van der Waals surface area contributed by atoms with E-state index in [4.69, 9.17) is 9.73 Å². The molecule has 0 unspecified atom stereocenters. The maximum absolute atomic E-state index is 14.1. The van der Waals surface area contributed by atoms with Gasteiger partial charge in [-0.3, -0.25) is 9.36 Å². The Morgan fingerprint density at radius 3 is 2.29 bits per heavy atom. The summed E-state index contributed by atoms with van der Waals surface area (Å²) in [7, 11) is 0. The minimum atomic E-state index is -0.614. The molecular weight excluding hydrogens is 530 g/mol. The smallest absolute Gasteiger partial charge is 0.338 e. The molecule has 0 bridgehead atoms. The first-order chi connectivity index (χ1) is 19.5. The molecule has 1 atom stereocenters. The number of ether oxygens (including phenoxy) is 1. The van der Waals surface area contributed by atoms with Crippen LogP contribution < -0.4 is 14.9 Å². The van der Waals surface area contributed by atoms with E-state index < -0.39 is 12.0 Å². The minimum absolute atomic E-state index is 0.169. The Labute approximate surface area is 245 Å². The quantitative estimate of drug-likeness (QED) is 0.271. The molecule has 7 heteroatoms. The molecule has 2 aromatic carbocycles. The Hall–Kier alpha value is -3.97. The van der Waals surface area contributed by atoms with Crippen molar-refractivity contribution in [2.75, 3.05) is 6.61 Å². The van der Waals surface area contributed by atoms with Gasteiger partial charge in [-0.25, -0.2) is 9.79 Å². The maximum atomic E-state index is 14.1. The number of rotatable bonds is 6. The molecule has 6 nitrogen and oxygen atoms in total. The summed E-state index contributed by atoms with van der Waals surface area (Å²) in [4.78, 5) is 32.6. The van der Waals surface area contributed by atoms with Crippen LogP contribution in [0.2, 0.25) is 0 Å². The number of aromatic nitrogens is 2. The molecular formula is C34H37N3O3S. The number of carbonyl (C=O) groups excluding carboxylic acids is 1. The van der Waals surface area contributed by atoms with Crippen molar-refractivity contribution in [3.8, 4) is 5.69 Å². The zero-order chi connectivity index (χ0) is 29.6. The topological polar surface area (TPSA) is 65.6 Å². The fraction of sp³-hybridized carbons (Fsp3) is 0.324. The largest absolute Gasteiger partial charge is 0.463 e. The summed E-state index contributed by atoms with van der Waals surface area (Å²) in [5.74, 6) is -0.0754. The predicted molar refractivity (Wildman–Crippen MR) is 166 cm³/mol. The summed E-state index contributed by atoms with van der Waals surface area (Å²) in [5.41, 5.74) is 9.50. The molecule has 0 aliphatic carbocycles. The van der Waals surface area contributed by atoms with Gasteiger partial charge in [-0.1, -0.05) is 55.5 Å². The van der Waals surface area contributed by atoms with Gasteiger partial charge in [0.25, 0.3) is 5.56 Å². The zero-order valence-corrected chi connectivity index (χ0v) is 25.8. The number of hydrogen-bond donors (Lipinski definition) is 0. The summed E-state index contributed by atoms with van der Waals surface area (Å²) in [6.07, 6.45) is 1.95. The number of benzene rings is 2. The van der Waals surface area contributed by atoms with Crippen LogP contribution in [0.4, 0.5) is 0 Å². The van der Waals surface area contributed by atoms with Crippen LogP contribution in [0.1, 0.15) is 78.9 Å². The number of nitrogens with zero attached hydrogens (tertiary/aromatic N) is 3. The Kier molecular flexibility index (Phi) is 7.75. The van der Waals surface area contributed by atoms with Crippen molar-refractivity contribution in [1.82, 2.24) is 9.13 Å². The lowest BCUT2D eigenvalue weighted by molar-refractivity contribution is -0.139. The molecule has 0 radical (unpaired) electrons. The summed E-state index contributed by atoms with van der Waals surface area (Å²) in [6.45, 7) is 16.5. The number of esters is 1. The molecule has 212 valence electrons. The second kappa shape index (κ2) is 11.1. The first-order valence-electron chi connectivity index (χ1n) is 14.1. The van der Waals surface area contributed by atoms with Crippen molar-refractivity contribution in [2.45, 2.75) is 67.3 Å². The van der Waals surface area contributed by atoms with Crippen LogP contribution >= 0.6 is 11.3 Å². The molecule has 0 saturated carbocycles. The van der Waals surface area contributed by atoms with Crippen LogP contribution in [0, 0.1) is 27.7 Å².